The molecule has 0 unspecified atom stereocenters. The van der Waals surface area contributed by atoms with E-state index in [9.17, 15) is 9.90 Å². The molecule has 2 saturated heterocycles. The predicted molar refractivity (Wildman–Crippen MR) is 99.1 cm³/mol. The molecule has 1 aromatic rings. The lowest BCUT2D eigenvalue weighted by atomic mass is 9.79. The smallest absolute Gasteiger partial charge is 0.239 e. The van der Waals surface area contributed by atoms with Gasteiger partial charge >= 0.3 is 0 Å². The fraction of sp³-hybridized carbons (Fsp3) is 0.650. The van der Waals surface area contributed by atoms with Gasteiger partial charge in [-0.2, -0.15) is 0 Å². The first-order chi connectivity index (χ1) is 13.1. The molecule has 3 heterocycles. The topological polar surface area (TPSA) is 80.3 Å². The molecule has 2 fully saturated rings. The molecule has 4 rings (SSSR count). The van der Waals surface area contributed by atoms with Crippen LogP contribution in [0.2, 0.25) is 0 Å². The highest BCUT2D eigenvalue weighted by Crippen LogP contribution is 2.45. The number of methoxy groups -OCH3 is 2. The summed E-state index contributed by atoms with van der Waals surface area (Å²) in [6.07, 6.45) is 2.44. The molecular formula is C20H28N2O5. The lowest BCUT2D eigenvalue weighted by molar-refractivity contribution is -0.142. The highest BCUT2D eigenvalue weighted by molar-refractivity contribution is 5.82. The predicted octanol–water partition coefficient (Wildman–Crippen LogP) is 0.817. The molecule has 0 radical (unpaired) electrons. The molecule has 0 saturated carbocycles. The zero-order valence-corrected chi connectivity index (χ0v) is 16.0. The lowest BCUT2D eigenvalue weighted by Gasteiger charge is -2.45. The SMILES string of the molecule is COc1cc2c(cc1OC)C1(CCN(C(=O)[C@@H]3C[C@@H](O)CN3)CC1)OCC2. The van der Waals surface area contributed by atoms with Crippen molar-refractivity contribution in [3.05, 3.63) is 23.3 Å². The number of hydrogen-bond donors (Lipinski definition) is 2. The first-order valence-corrected chi connectivity index (χ1v) is 9.66. The van der Waals surface area contributed by atoms with Gasteiger partial charge in [0.25, 0.3) is 0 Å². The second kappa shape index (κ2) is 7.30. The summed E-state index contributed by atoms with van der Waals surface area (Å²) in [4.78, 5) is 14.6. The van der Waals surface area contributed by atoms with Gasteiger partial charge in [-0.05, 0) is 48.9 Å². The molecule has 1 spiro atoms. The third-order valence-electron chi connectivity index (χ3n) is 6.14. The maximum Gasteiger partial charge on any atom is 0.239 e. The van der Waals surface area contributed by atoms with Gasteiger partial charge < -0.3 is 29.5 Å². The average Bonchev–Trinajstić information content (AvgIpc) is 3.14. The molecule has 27 heavy (non-hydrogen) atoms. The Morgan fingerprint density at radius 1 is 1.26 bits per heavy atom. The van der Waals surface area contributed by atoms with Gasteiger partial charge in [-0.1, -0.05) is 0 Å². The van der Waals surface area contributed by atoms with Gasteiger partial charge in [0.2, 0.25) is 5.91 Å². The van der Waals surface area contributed by atoms with E-state index < -0.39 is 6.10 Å². The number of piperidine rings is 1. The number of hydrogen-bond acceptors (Lipinski definition) is 6. The van der Waals surface area contributed by atoms with E-state index in [1.54, 1.807) is 14.2 Å². The summed E-state index contributed by atoms with van der Waals surface area (Å²) in [7, 11) is 3.29. The van der Waals surface area contributed by atoms with Gasteiger partial charge in [0.15, 0.2) is 11.5 Å². The number of carbonyl (C=O) groups excluding carboxylic acids is 1. The van der Waals surface area contributed by atoms with E-state index in [1.165, 1.54) is 5.56 Å². The molecule has 148 valence electrons. The van der Waals surface area contributed by atoms with E-state index in [4.69, 9.17) is 14.2 Å². The molecule has 0 aliphatic carbocycles. The Hall–Kier alpha value is -1.83. The normalized spacial score (nSPS) is 26.7. The monoisotopic (exact) mass is 376 g/mol. The summed E-state index contributed by atoms with van der Waals surface area (Å²) in [5.41, 5.74) is 2.03. The first kappa shape index (κ1) is 18.5. The van der Waals surface area contributed by atoms with Gasteiger partial charge in [0.05, 0.1) is 38.6 Å². The average molecular weight is 376 g/mol. The number of likely N-dealkylation sites (tertiary alicyclic amines) is 1. The van der Waals surface area contributed by atoms with Gasteiger partial charge in [-0.15, -0.1) is 0 Å². The number of fused-ring (bicyclic) bond motifs is 2. The Morgan fingerprint density at radius 2 is 1.96 bits per heavy atom. The van der Waals surface area contributed by atoms with Crippen LogP contribution in [0.5, 0.6) is 11.5 Å². The summed E-state index contributed by atoms with van der Waals surface area (Å²) < 4.78 is 17.2. The maximum absolute atomic E-state index is 12.7. The van der Waals surface area contributed by atoms with Crippen LogP contribution < -0.4 is 14.8 Å². The third kappa shape index (κ3) is 3.28. The van der Waals surface area contributed by atoms with E-state index in [0.717, 1.165) is 30.6 Å². The van der Waals surface area contributed by atoms with Crippen molar-refractivity contribution >= 4 is 5.91 Å². The Morgan fingerprint density at radius 3 is 2.59 bits per heavy atom. The maximum atomic E-state index is 12.7. The van der Waals surface area contributed by atoms with Crippen molar-refractivity contribution in [2.45, 2.75) is 43.4 Å². The number of nitrogens with zero attached hydrogens (tertiary/aromatic N) is 1. The molecule has 1 amide bonds. The number of ether oxygens (including phenoxy) is 3. The zero-order valence-electron chi connectivity index (χ0n) is 16.0. The molecule has 3 aliphatic rings. The summed E-state index contributed by atoms with van der Waals surface area (Å²) in [6, 6.07) is 3.83. The van der Waals surface area contributed by atoms with E-state index in [-0.39, 0.29) is 17.6 Å². The molecule has 7 heteroatoms. The minimum absolute atomic E-state index is 0.0877. The number of amides is 1. The number of aliphatic hydroxyl groups excluding tert-OH is 1. The van der Waals surface area contributed by atoms with E-state index >= 15 is 0 Å². The van der Waals surface area contributed by atoms with Gasteiger partial charge in [0, 0.05) is 19.6 Å². The molecule has 3 aliphatic heterocycles. The van der Waals surface area contributed by atoms with Crippen LogP contribution in [0, 0.1) is 0 Å². The first-order valence-electron chi connectivity index (χ1n) is 9.66. The summed E-state index contributed by atoms with van der Waals surface area (Å²) in [5, 5.41) is 12.8. The lowest BCUT2D eigenvalue weighted by Crippen LogP contribution is -2.52. The number of rotatable bonds is 3. The van der Waals surface area contributed by atoms with Crippen molar-refractivity contribution < 1.29 is 24.1 Å². The largest absolute Gasteiger partial charge is 0.493 e. The fourth-order valence-electron chi connectivity index (χ4n) is 4.61. The highest BCUT2D eigenvalue weighted by atomic mass is 16.5. The molecule has 2 atom stereocenters. The van der Waals surface area contributed by atoms with Crippen LogP contribution in [0.1, 0.15) is 30.4 Å². The second-order valence-corrected chi connectivity index (χ2v) is 7.63. The van der Waals surface area contributed by atoms with Crippen molar-refractivity contribution in [1.29, 1.82) is 0 Å². The molecule has 7 nitrogen and oxygen atoms in total. The minimum atomic E-state index is -0.425. The third-order valence-corrected chi connectivity index (χ3v) is 6.14. The fourth-order valence-corrected chi connectivity index (χ4v) is 4.61. The van der Waals surface area contributed by atoms with Crippen LogP contribution in [0.3, 0.4) is 0 Å². The summed E-state index contributed by atoms with van der Waals surface area (Å²) in [6.45, 7) is 2.47. The van der Waals surface area contributed by atoms with Crippen LogP contribution >= 0.6 is 0 Å². The zero-order chi connectivity index (χ0) is 19.0. The summed E-state index contributed by atoms with van der Waals surface area (Å²) >= 11 is 0. The minimum Gasteiger partial charge on any atom is -0.493 e. The Bertz CT molecular complexity index is 715. The molecule has 1 aromatic carbocycles. The van der Waals surface area contributed by atoms with Crippen LogP contribution in [0.4, 0.5) is 0 Å². The highest BCUT2D eigenvalue weighted by Gasteiger charge is 2.43. The van der Waals surface area contributed by atoms with Gasteiger partial charge in [0.1, 0.15) is 0 Å². The number of aliphatic hydroxyl groups is 1. The molecule has 0 aromatic heterocycles. The Labute approximate surface area is 159 Å². The molecule has 2 N–H and O–H groups in total. The van der Waals surface area contributed by atoms with E-state index in [2.05, 4.69) is 11.4 Å². The van der Waals surface area contributed by atoms with Crippen LogP contribution in [-0.2, 0) is 21.6 Å². The number of nitrogens with one attached hydrogen (secondary N) is 1. The second-order valence-electron chi connectivity index (χ2n) is 7.63. The summed E-state index contributed by atoms with van der Waals surface area (Å²) in [5.74, 6) is 1.54. The van der Waals surface area contributed by atoms with Crippen molar-refractivity contribution in [3.8, 4) is 11.5 Å². The van der Waals surface area contributed by atoms with E-state index in [0.29, 0.717) is 38.4 Å². The number of β-amino-alcohol motifs (C(OH)–C–C–N with tert-alkyl or cyclic N) is 1. The number of benzene rings is 1. The van der Waals surface area contributed by atoms with Crippen molar-refractivity contribution in [1.82, 2.24) is 10.2 Å². The standard InChI is InChI=1S/C20H28N2O5/c1-25-17-9-13-3-8-27-20(15(13)11-18(17)26-2)4-6-22(7-5-20)19(24)16-10-14(23)12-21-16/h9,11,14,16,21,23H,3-8,10,12H2,1-2H3/t14-,16+/m1/s1. The van der Waals surface area contributed by atoms with Crippen LogP contribution in [-0.4, -0.2) is 68.5 Å². The molecular weight excluding hydrogens is 348 g/mol. The van der Waals surface area contributed by atoms with Crippen molar-refractivity contribution in [2.24, 2.45) is 0 Å². The number of carbonyl (C=O) groups is 1. The Kier molecular flexibility index (Phi) is 5.01. The van der Waals surface area contributed by atoms with Crippen LogP contribution in [0.25, 0.3) is 0 Å². The molecule has 0 bridgehead atoms. The van der Waals surface area contributed by atoms with Crippen LogP contribution in [0.15, 0.2) is 12.1 Å². The van der Waals surface area contributed by atoms with Gasteiger partial charge in [-0.3, -0.25) is 4.79 Å². The quantitative estimate of drug-likeness (QED) is 0.813. The van der Waals surface area contributed by atoms with E-state index in [1.807, 2.05) is 11.0 Å². The van der Waals surface area contributed by atoms with Gasteiger partial charge in [-0.25, -0.2) is 0 Å². The van der Waals surface area contributed by atoms with Crippen molar-refractivity contribution in [3.63, 3.8) is 0 Å². The van der Waals surface area contributed by atoms with Crippen molar-refractivity contribution in [2.75, 3.05) is 40.5 Å². The Balaban J connectivity index is 1.53.